The number of benzene rings is 1. The second-order valence-electron chi connectivity index (χ2n) is 14.8. The third-order valence-corrected chi connectivity index (χ3v) is 11.4. The number of hydrogen-bond donors (Lipinski definition) is 3. The number of imidazole rings is 1. The van der Waals surface area contributed by atoms with Gasteiger partial charge in [-0.15, -0.1) is 6.42 Å². The Morgan fingerprint density at radius 2 is 1.90 bits per heavy atom. The lowest BCUT2D eigenvalue weighted by Gasteiger charge is -2.30. The highest BCUT2D eigenvalue weighted by atomic mass is 35.5. The van der Waals surface area contributed by atoms with Gasteiger partial charge in [0, 0.05) is 6.42 Å². The van der Waals surface area contributed by atoms with E-state index in [1.807, 2.05) is 0 Å². The van der Waals surface area contributed by atoms with E-state index in [2.05, 4.69) is 31.3 Å². The summed E-state index contributed by atoms with van der Waals surface area (Å²) in [6.07, 6.45) is 7.41. The summed E-state index contributed by atoms with van der Waals surface area (Å²) in [7, 11) is -4.42. The number of nitrogens with one attached hydrogen (secondary N) is 2. The maximum Gasteiger partial charge on any atom is 0.519 e. The molecule has 1 aliphatic carbocycles. The number of para-hydroxylation sites is 1. The molecule has 6 rings (SSSR count). The minimum atomic E-state index is -4.42. The average Bonchev–Trinajstić information content (AvgIpc) is 3.86. The summed E-state index contributed by atoms with van der Waals surface area (Å²) >= 11 is 6.26. The van der Waals surface area contributed by atoms with Crippen LogP contribution in [0.25, 0.3) is 11.2 Å². The van der Waals surface area contributed by atoms with Crippen molar-refractivity contribution in [3.05, 3.63) is 64.1 Å². The first-order valence-electron chi connectivity index (χ1n) is 18.9. The summed E-state index contributed by atoms with van der Waals surface area (Å²) in [5, 5.41) is 16.1. The normalized spacial score (nSPS) is 21.1. The Kier molecular flexibility index (Phi) is 13.7. The molecular weight excluding hydrogens is 831 g/mol. The minimum absolute atomic E-state index is 0.0380. The van der Waals surface area contributed by atoms with Crippen LogP contribution in [-0.4, -0.2) is 78.7 Å². The molecule has 3 aromatic heterocycles. The molecule has 22 heteroatoms. The van der Waals surface area contributed by atoms with E-state index in [0.717, 1.165) is 32.1 Å². The smallest absolute Gasteiger partial charge is 0.461 e. The number of terminal acetylenes is 1. The first kappa shape index (κ1) is 44.3. The molecule has 60 heavy (non-hydrogen) atoms. The minimum Gasteiger partial charge on any atom is -0.461 e. The molecule has 1 aromatic carbocycles. The number of nitrogens with zero attached hydrogens (tertiary/aromatic N) is 4. The zero-order valence-corrected chi connectivity index (χ0v) is 34.7. The zero-order valence-electron chi connectivity index (χ0n) is 33.1. The highest BCUT2D eigenvalue weighted by molar-refractivity contribution is 7.52. The number of halogens is 1. The van der Waals surface area contributed by atoms with Gasteiger partial charge in [-0.2, -0.15) is 15.1 Å². The van der Waals surface area contributed by atoms with Crippen molar-refractivity contribution in [1.29, 1.82) is 0 Å². The molecule has 0 spiro atoms. The van der Waals surface area contributed by atoms with Gasteiger partial charge in [0.25, 0.3) is 0 Å². The highest BCUT2D eigenvalue weighted by Crippen LogP contribution is 2.48. The highest BCUT2D eigenvalue weighted by Gasteiger charge is 2.50. The van der Waals surface area contributed by atoms with Crippen LogP contribution in [0.1, 0.15) is 83.5 Å². The van der Waals surface area contributed by atoms with Crippen molar-refractivity contribution in [1.82, 2.24) is 24.6 Å². The molecule has 5 atom stereocenters. The first-order chi connectivity index (χ1) is 28.5. The van der Waals surface area contributed by atoms with Crippen LogP contribution < -0.4 is 20.8 Å². The fourth-order valence-electron chi connectivity index (χ4n) is 6.50. The molecule has 4 aromatic rings. The monoisotopic (exact) mass is 874 g/mol. The molecule has 1 saturated carbocycles. The van der Waals surface area contributed by atoms with Crippen molar-refractivity contribution >= 4 is 54.4 Å². The third kappa shape index (κ3) is 10.9. The van der Waals surface area contributed by atoms with Crippen LogP contribution in [0.3, 0.4) is 0 Å². The first-order valence-corrected chi connectivity index (χ1v) is 20.9. The second kappa shape index (κ2) is 18.5. The van der Waals surface area contributed by atoms with Crippen LogP contribution >= 0.6 is 19.3 Å². The van der Waals surface area contributed by atoms with E-state index < -0.39 is 67.8 Å². The van der Waals surface area contributed by atoms with Gasteiger partial charge >= 0.3 is 31.6 Å². The van der Waals surface area contributed by atoms with E-state index >= 15 is 0 Å². The van der Waals surface area contributed by atoms with Crippen LogP contribution in [0.2, 0.25) is 5.28 Å². The number of aryl methyl sites for hydroxylation is 1. The summed E-state index contributed by atoms with van der Waals surface area (Å²) in [4.78, 5) is 62.4. The molecule has 1 amide bonds. The Morgan fingerprint density at radius 3 is 2.58 bits per heavy atom. The van der Waals surface area contributed by atoms with Gasteiger partial charge in [0.05, 0.1) is 12.7 Å². The molecule has 0 bridgehead atoms. The third-order valence-electron chi connectivity index (χ3n) is 9.58. The van der Waals surface area contributed by atoms with Crippen molar-refractivity contribution in [2.45, 2.75) is 115 Å². The Bertz CT molecular complexity index is 2340. The number of rotatable bonds is 16. The van der Waals surface area contributed by atoms with Crippen molar-refractivity contribution in [3.63, 3.8) is 0 Å². The lowest BCUT2D eigenvalue weighted by Crippen LogP contribution is -2.44. The van der Waals surface area contributed by atoms with Gasteiger partial charge in [0.15, 0.2) is 40.7 Å². The molecule has 2 fully saturated rings. The maximum atomic E-state index is 14.3. The number of aliphatic hydroxyl groups is 1. The van der Waals surface area contributed by atoms with Crippen molar-refractivity contribution in [2.75, 3.05) is 11.9 Å². The fraction of sp³-hybridized carbons (Fsp3) is 0.500. The van der Waals surface area contributed by atoms with Gasteiger partial charge in [-0.3, -0.25) is 24.0 Å². The molecule has 0 radical (unpaired) electrons. The SMILES string of the molecule is C#C[C@]1(COP(=O)(N[C@@H](C)C(=O)OC2CCCCC2)Oc2ccccc2)O[C@@H](n2cnc3c(NC(=O)OC(C)(C)CC(=O)OCc4oc(=O)oc4C)nc(Cl)nc32)C[C@@H]1O. The van der Waals surface area contributed by atoms with Crippen LogP contribution in [-0.2, 0) is 44.2 Å². The molecule has 20 nitrogen and oxygen atoms in total. The maximum absolute atomic E-state index is 14.3. The van der Waals surface area contributed by atoms with E-state index in [-0.39, 0.29) is 65.1 Å². The summed E-state index contributed by atoms with van der Waals surface area (Å²) in [5.74, 6) is 0.282. The van der Waals surface area contributed by atoms with Gasteiger partial charge in [-0.05, 0) is 77.1 Å². The zero-order chi connectivity index (χ0) is 43.2. The molecule has 4 heterocycles. The lowest BCUT2D eigenvalue weighted by molar-refractivity contribution is -0.152. The van der Waals surface area contributed by atoms with E-state index in [4.69, 9.17) is 54.9 Å². The van der Waals surface area contributed by atoms with Crippen molar-refractivity contribution < 1.29 is 60.9 Å². The molecule has 1 unspecified atom stereocenters. The van der Waals surface area contributed by atoms with Gasteiger partial charge in [0.1, 0.15) is 42.4 Å². The van der Waals surface area contributed by atoms with E-state index in [1.54, 1.807) is 30.3 Å². The molecular formula is C38H44ClN6O14P. The van der Waals surface area contributed by atoms with Gasteiger partial charge < -0.3 is 37.4 Å². The largest absolute Gasteiger partial charge is 0.519 e. The van der Waals surface area contributed by atoms with Gasteiger partial charge in [-0.1, -0.05) is 30.5 Å². The lowest BCUT2D eigenvalue weighted by atomic mass is 9.98. The van der Waals surface area contributed by atoms with E-state index in [1.165, 1.54) is 38.6 Å². The van der Waals surface area contributed by atoms with Crippen LogP contribution in [0.4, 0.5) is 10.6 Å². The molecule has 322 valence electrons. The second-order valence-corrected chi connectivity index (χ2v) is 16.8. The van der Waals surface area contributed by atoms with Crippen LogP contribution in [0.5, 0.6) is 5.75 Å². The van der Waals surface area contributed by atoms with E-state index in [9.17, 15) is 28.8 Å². The summed E-state index contributed by atoms with van der Waals surface area (Å²) in [5.41, 5.74) is -3.19. The average molecular weight is 875 g/mol. The van der Waals surface area contributed by atoms with Gasteiger partial charge in [0.2, 0.25) is 5.28 Å². The number of anilines is 1. The Hall–Kier alpha value is -5.29. The Balaban J connectivity index is 1.12. The quantitative estimate of drug-likeness (QED) is 0.0413. The summed E-state index contributed by atoms with van der Waals surface area (Å²) in [6.45, 7) is 4.85. The number of carbonyl (C=O) groups excluding carboxylic acids is 3. The Labute approximate surface area is 348 Å². The van der Waals surface area contributed by atoms with E-state index in [0.29, 0.717) is 0 Å². The van der Waals surface area contributed by atoms with Crippen LogP contribution in [0, 0.1) is 19.3 Å². The number of amides is 1. The Morgan fingerprint density at radius 1 is 1.17 bits per heavy atom. The van der Waals surface area contributed by atoms with Crippen molar-refractivity contribution in [2.24, 2.45) is 0 Å². The topological polar surface area (TPSA) is 255 Å². The predicted octanol–water partition coefficient (Wildman–Crippen LogP) is 5.50. The van der Waals surface area contributed by atoms with Crippen LogP contribution in [0.15, 0.2) is 50.3 Å². The number of carbonyl (C=O) groups is 3. The fourth-order valence-corrected chi connectivity index (χ4v) is 8.19. The number of hydrogen-bond acceptors (Lipinski definition) is 17. The number of esters is 2. The number of fused-ring (bicyclic) bond motifs is 1. The number of ether oxygens (including phenoxy) is 4. The number of aromatic nitrogens is 4. The molecule has 3 N–H and O–H groups in total. The molecule has 2 aliphatic rings. The molecule has 1 aliphatic heterocycles. The predicted molar refractivity (Wildman–Crippen MR) is 209 cm³/mol. The molecule has 1 saturated heterocycles. The number of aliphatic hydroxyl groups excluding tert-OH is 1. The standard InChI is InChI=1S/C38H44ClN6O14P/c1-6-38(20-53-60(51,59-25-15-11-8-12-16-25)44-22(2)33(48)55-24-13-9-7-10-14-24)27(46)17-28(57-38)45-21-40-30-31(41-34(39)43-32(30)45)42-35(49)58-37(4,5)18-29(47)52-19-26-23(3)54-36(50)56-26/h1,8,11-12,15-16,21-22,24,27-28,46H,7,9-10,13-14,17-20H2,2-5H3,(H,44,51)(H,41,42,43,49)/t22-,27-,28+,38+,60?/m0/s1. The summed E-state index contributed by atoms with van der Waals surface area (Å²) < 4.78 is 59.3. The summed E-state index contributed by atoms with van der Waals surface area (Å²) in [6, 6.07) is 7.01. The van der Waals surface area contributed by atoms with Crippen molar-refractivity contribution in [3.8, 4) is 18.1 Å². The van der Waals surface area contributed by atoms with Gasteiger partial charge in [-0.25, -0.2) is 19.1 Å².